The van der Waals surface area contributed by atoms with E-state index in [9.17, 15) is 15.8 Å². The number of allylic oxidation sites excluding steroid dienone is 6. The fourth-order valence-corrected chi connectivity index (χ4v) is 7.47. The molecule has 5 nitrogen and oxygen atoms in total. The third-order valence-electron chi connectivity index (χ3n) is 7.44. The van der Waals surface area contributed by atoms with E-state index in [1.807, 2.05) is 15.3 Å². The first-order valence-corrected chi connectivity index (χ1v) is 16.3. The van der Waals surface area contributed by atoms with E-state index in [0.29, 0.717) is 5.30 Å². The molecule has 0 aromatic heterocycles. The minimum Gasteiger partial charge on any atom is -0.398 e. The molecule has 1 aliphatic carbocycles. The van der Waals surface area contributed by atoms with Crippen molar-refractivity contribution in [3.8, 4) is 18.2 Å². The zero-order valence-electron chi connectivity index (χ0n) is 23.2. The summed E-state index contributed by atoms with van der Waals surface area (Å²) >= 11 is 1.64. The van der Waals surface area contributed by atoms with Crippen LogP contribution in [-0.4, -0.2) is 0 Å². The first-order chi connectivity index (χ1) is 21.0. The van der Waals surface area contributed by atoms with Gasteiger partial charge in [-0.3, -0.25) is 0 Å². The lowest BCUT2D eigenvalue weighted by atomic mass is 9.98. The van der Waals surface area contributed by atoms with Crippen molar-refractivity contribution in [3.63, 3.8) is 0 Å². The highest BCUT2D eigenvalue weighted by atomic mass is 127. The van der Waals surface area contributed by atoms with Crippen LogP contribution in [0.3, 0.4) is 0 Å². The summed E-state index contributed by atoms with van der Waals surface area (Å²) in [5.74, 6) is -5.63. The van der Waals surface area contributed by atoms with E-state index in [-0.39, 0.29) is 69.6 Å². The summed E-state index contributed by atoms with van der Waals surface area (Å²) in [7, 11) is 10.8. The van der Waals surface area contributed by atoms with Crippen LogP contribution in [0.2, 0.25) is 0 Å². The molecule has 3 aromatic carbocycles. The van der Waals surface area contributed by atoms with Crippen molar-refractivity contribution in [1.82, 2.24) is 0 Å². The number of nitrogen functional groups attached to an aromatic ring is 2. The SMILES string of the molecule is Cc1c(N)c(P)c(F)c(/C(C#N)=C2/C(=C(C#N)c3c(F)c(I)c(N)c(P)c3P)/C2=C(/C#N)c2c(F)c(P)c(C)c(P)c2F)c1F. The van der Waals surface area contributed by atoms with Gasteiger partial charge in [0.2, 0.25) is 0 Å². The first-order valence-electron chi connectivity index (χ1n) is 12.3. The fraction of sp³-hybridized carbons (Fsp3) is 0.0690. The Morgan fingerprint density at radius 3 is 1.33 bits per heavy atom. The maximum Gasteiger partial charge on any atom is 0.147 e. The summed E-state index contributed by atoms with van der Waals surface area (Å²) < 4.78 is 78.5. The van der Waals surface area contributed by atoms with Crippen LogP contribution in [0.15, 0.2) is 16.7 Å². The van der Waals surface area contributed by atoms with Crippen LogP contribution in [-0.2, 0) is 0 Å². The van der Waals surface area contributed by atoms with Crippen LogP contribution >= 0.6 is 68.8 Å². The molecule has 0 aliphatic heterocycles. The molecule has 0 heterocycles. The van der Waals surface area contributed by atoms with Crippen molar-refractivity contribution in [2.75, 3.05) is 11.5 Å². The molecule has 0 saturated heterocycles. The minimum absolute atomic E-state index is 0.0558. The number of nitrogens with zero attached hydrogens (tertiary/aromatic N) is 3. The Bertz CT molecular complexity index is 1820. The molecular weight excluding hydrogens is 795 g/mol. The predicted octanol–water partition coefficient (Wildman–Crippen LogP) is 4.52. The number of hydrogen-bond donors (Lipinski definition) is 2. The molecule has 0 radical (unpaired) electrons. The second-order valence-corrected chi connectivity index (χ2v) is 13.7. The Morgan fingerprint density at radius 2 is 0.911 bits per heavy atom. The highest BCUT2D eigenvalue weighted by Gasteiger charge is 2.45. The Labute approximate surface area is 280 Å². The number of halogens is 6. The smallest absolute Gasteiger partial charge is 0.147 e. The van der Waals surface area contributed by atoms with Crippen LogP contribution in [0.1, 0.15) is 27.8 Å². The third kappa shape index (κ3) is 5.39. The van der Waals surface area contributed by atoms with Crippen molar-refractivity contribution in [2.45, 2.75) is 13.8 Å². The lowest BCUT2D eigenvalue weighted by molar-refractivity contribution is 0.578. The molecule has 0 amide bonds. The summed E-state index contributed by atoms with van der Waals surface area (Å²) in [6.07, 6.45) is 0. The standard InChI is InChI=1S/C29H20F5IN5P5/c1-6-17(30)14(21(34)28(44)23(6)39)8(3-36)11-12(9(4-37)15-19(32)25(41)7(2)26(42)20(15)33)13(11)10(5-38)16-18(31)22(35)24(40)29(45)27(16)43/h39-45H2,1-2H3/b11-8+,12-9-,13-10?. The number of rotatable bonds is 3. The van der Waals surface area contributed by atoms with Gasteiger partial charge < -0.3 is 11.5 Å². The molecular formula is C29H20F5IN5P5. The highest BCUT2D eigenvalue weighted by molar-refractivity contribution is 14.1. The Morgan fingerprint density at radius 1 is 0.533 bits per heavy atom. The second kappa shape index (κ2) is 12.9. The van der Waals surface area contributed by atoms with Gasteiger partial charge in [-0.1, -0.05) is 0 Å². The van der Waals surface area contributed by atoms with E-state index in [4.69, 9.17) is 11.5 Å². The summed E-state index contributed by atoms with van der Waals surface area (Å²) in [6, 6.07) is 5.32. The molecule has 16 heteroatoms. The number of anilines is 2. The largest absolute Gasteiger partial charge is 0.398 e. The van der Waals surface area contributed by atoms with E-state index >= 15 is 22.0 Å². The molecule has 1 fully saturated rings. The van der Waals surface area contributed by atoms with Gasteiger partial charge >= 0.3 is 0 Å². The zero-order valence-corrected chi connectivity index (χ0v) is 31.1. The highest BCUT2D eigenvalue weighted by Crippen LogP contribution is 2.57. The van der Waals surface area contributed by atoms with Gasteiger partial charge in [-0.2, -0.15) is 15.8 Å². The average Bonchev–Trinajstić information content (AvgIpc) is 3.74. The van der Waals surface area contributed by atoms with E-state index < -0.39 is 56.9 Å². The maximum absolute atomic E-state index is 15.8. The van der Waals surface area contributed by atoms with Crippen molar-refractivity contribution >= 4 is 123 Å². The lowest BCUT2D eigenvalue weighted by Gasteiger charge is -2.14. The molecule has 45 heavy (non-hydrogen) atoms. The summed E-state index contributed by atoms with van der Waals surface area (Å²) in [4.78, 5) is 0. The van der Waals surface area contributed by atoms with Crippen LogP contribution in [0.5, 0.6) is 0 Å². The van der Waals surface area contributed by atoms with Crippen molar-refractivity contribution in [2.24, 2.45) is 0 Å². The second-order valence-electron chi connectivity index (χ2n) is 9.74. The predicted molar refractivity (Wildman–Crippen MR) is 194 cm³/mol. The normalized spacial score (nSPS) is 15.7. The van der Waals surface area contributed by atoms with Crippen molar-refractivity contribution in [3.05, 3.63) is 77.2 Å². The number of nitrogens with two attached hydrogens (primary N) is 2. The quantitative estimate of drug-likeness (QED) is 0.133. The van der Waals surface area contributed by atoms with Crippen LogP contribution in [0.25, 0.3) is 16.7 Å². The van der Waals surface area contributed by atoms with Gasteiger partial charge in [0.25, 0.3) is 0 Å². The van der Waals surface area contributed by atoms with Gasteiger partial charge in [-0.25, -0.2) is 22.0 Å². The fourth-order valence-electron chi connectivity index (χ4n) is 4.77. The Kier molecular flexibility index (Phi) is 10.2. The molecule has 228 valence electrons. The van der Waals surface area contributed by atoms with Crippen LogP contribution in [0.4, 0.5) is 33.3 Å². The van der Waals surface area contributed by atoms with Crippen molar-refractivity contribution < 1.29 is 22.0 Å². The third-order valence-corrected chi connectivity index (χ3v) is 12.0. The molecule has 5 atom stereocenters. The van der Waals surface area contributed by atoms with E-state index in [1.54, 1.807) is 34.7 Å². The van der Waals surface area contributed by atoms with Gasteiger partial charge in [0.15, 0.2) is 0 Å². The molecule has 4 rings (SSSR count). The first kappa shape index (κ1) is 35.3. The molecule has 4 N–H and O–H groups in total. The molecule has 0 spiro atoms. The molecule has 1 saturated carbocycles. The van der Waals surface area contributed by atoms with E-state index in [2.05, 4.69) is 37.0 Å². The number of nitriles is 3. The molecule has 3 aromatic rings. The minimum atomic E-state index is -1.23. The topological polar surface area (TPSA) is 123 Å². The van der Waals surface area contributed by atoms with Gasteiger partial charge in [0.1, 0.15) is 47.3 Å². The van der Waals surface area contributed by atoms with Gasteiger partial charge in [0.05, 0.1) is 37.1 Å². The van der Waals surface area contributed by atoms with E-state index in [1.165, 1.54) is 13.8 Å². The summed E-state index contributed by atoms with van der Waals surface area (Å²) in [6.45, 7) is 2.71. The van der Waals surface area contributed by atoms with E-state index in [0.717, 1.165) is 0 Å². The Balaban J connectivity index is 2.36. The summed E-state index contributed by atoms with van der Waals surface area (Å²) in [5, 5.41) is 31.0. The summed E-state index contributed by atoms with van der Waals surface area (Å²) in [5.41, 5.74) is 6.86. The van der Waals surface area contributed by atoms with Gasteiger partial charge in [0, 0.05) is 54.8 Å². The molecule has 1 aliphatic rings. The monoisotopic (exact) mass is 815 g/mol. The number of benzene rings is 3. The van der Waals surface area contributed by atoms with Crippen LogP contribution in [0, 0.1) is 80.5 Å². The Hall–Kier alpha value is -2.52. The van der Waals surface area contributed by atoms with Gasteiger partial charge in [-0.15, -0.1) is 46.2 Å². The maximum atomic E-state index is 15.8. The molecule has 0 bridgehead atoms. The number of hydrogen-bond acceptors (Lipinski definition) is 5. The average molecular weight is 815 g/mol. The van der Waals surface area contributed by atoms with Crippen molar-refractivity contribution in [1.29, 1.82) is 15.8 Å². The lowest BCUT2D eigenvalue weighted by Crippen LogP contribution is -2.23. The van der Waals surface area contributed by atoms with Gasteiger partial charge in [-0.05, 0) is 47.3 Å². The zero-order chi connectivity index (χ0) is 34.0. The molecule has 5 unspecified atom stereocenters. The van der Waals surface area contributed by atoms with Crippen LogP contribution < -0.4 is 38.0 Å².